The molecule has 2 aromatic carbocycles. The van der Waals surface area contributed by atoms with Gasteiger partial charge in [-0.15, -0.1) is 0 Å². The molecule has 3 rings (SSSR count). The van der Waals surface area contributed by atoms with Gasteiger partial charge in [0.2, 0.25) is 5.91 Å². The van der Waals surface area contributed by atoms with Crippen LogP contribution in [-0.4, -0.2) is 27.2 Å². The zero-order valence-electron chi connectivity index (χ0n) is 15.8. The van der Waals surface area contributed by atoms with Gasteiger partial charge in [-0.25, -0.2) is 9.78 Å². The molecule has 30 heavy (non-hydrogen) atoms. The number of carboxylic acids is 1. The summed E-state index contributed by atoms with van der Waals surface area (Å²) in [5.74, 6) is -1.53. The number of carboxylic acid groups (broad SMARTS) is 1. The Kier molecular flexibility index (Phi) is 6.72. The van der Waals surface area contributed by atoms with Crippen LogP contribution in [0.2, 0.25) is 5.02 Å². The lowest BCUT2D eigenvalue weighted by Crippen LogP contribution is -2.22. The number of rotatable bonds is 6. The largest absolute Gasteiger partial charge is 0.478 e. The highest BCUT2D eigenvalue weighted by Crippen LogP contribution is 2.29. The Bertz CT molecular complexity index is 1150. The number of aromatic carboxylic acids is 1. The fraction of sp³-hybridized carbons (Fsp3) is 0.0909. The molecule has 8 heteroatoms. The molecule has 0 saturated heterocycles. The number of nitrogens with zero attached hydrogens (tertiary/aromatic N) is 2. The van der Waals surface area contributed by atoms with Gasteiger partial charge < -0.3 is 10.4 Å². The zero-order valence-corrected chi connectivity index (χ0v) is 17.4. The van der Waals surface area contributed by atoms with Crippen molar-refractivity contribution in [2.75, 3.05) is 5.32 Å². The summed E-state index contributed by atoms with van der Waals surface area (Å²) in [5, 5.41) is 21.2. The molecule has 3 aromatic rings. The predicted molar refractivity (Wildman–Crippen MR) is 117 cm³/mol. The molecule has 0 saturated carbocycles. The van der Waals surface area contributed by atoms with Crippen LogP contribution in [0.15, 0.2) is 65.7 Å². The maximum absolute atomic E-state index is 12.6. The van der Waals surface area contributed by atoms with Crippen molar-refractivity contribution in [1.82, 2.24) is 4.98 Å². The number of halogens is 1. The maximum atomic E-state index is 12.6. The average molecular weight is 438 g/mol. The number of benzene rings is 2. The lowest BCUT2D eigenvalue weighted by Gasteiger charge is -2.14. The van der Waals surface area contributed by atoms with Crippen LogP contribution in [0.3, 0.4) is 0 Å². The van der Waals surface area contributed by atoms with Gasteiger partial charge in [-0.1, -0.05) is 53.7 Å². The van der Waals surface area contributed by atoms with Crippen molar-refractivity contribution >= 4 is 40.9 Å². The van der Waals surface area contributed by atoms with Crippen LogP contribution in [0.5, 0.6) is 0 Å². The van der Waals surface area contributed by atoms with Gasteiger partial charge in [0.1, 0.15) is 11.1 Å². The molecule has 1 unspecified atom stereocenters. The summed E-state index contributed by atoms with van der Waals surface area (Å²) < 4.78 is 0. The molecular weight excluding hydrogens is 422 g/mol. The highest BCUT2D eigenvalue weighted by molar-refractivity contribution is 8.00. The number of carbonyl (C=O) groups excluding carboxylic acids is 1. The summed E-state index contributed by atoms with van der Waals surface area (Å²) in [6, 6.07) is 19.3. The number of carbonyl (C=O) groups is 2. The molecule has 1 atom stereocenters. The van der Waals surface area contributed by atoms with Crippen molar-refractivity contribution in [3.8, 4) is 17.3 Å². The highest BCUT2D eigenvalue weighted by atomic mass is 35.5. The van der Waals surface area contributed by atoms with E-state index in [4.69, 9.17) is 16.7 Å². The number of nitrogens with one attached hydrogen (secondary N) is 1. The number of pyridine rings is 1. The van der Waals surface area contributed by atoms with Gasteiger partial charge in [0.25, 0.3) is 0 Å². The normalized spacial score (nSPS) is 11.4. The minimum atomic E-state index is -1.18. The fourth-order valence-corrected chi connectivity index (χ4v) is 3.71. The second-order valence-corrected chi connectivity index (χ2v) is 8.01. The van der Waals surface area contributed by atoms with Gasteiger partial charge in [0.15, 0.2) is 0 Å². The van der Waals surface area contributed by atoms with Crippen LogP contribution >= 0.6 is 23.4 Å². The van der Waals surface area contributed by atoms with Crippen LogP contribution in [0.1, 0.15) is 22.8 Å². The third kappa shape index (κ3) is 4.98. The zero-order chi connectivity index (χ0) is 21.7. The Morgan fingerprint density at radius 2 is 1.90 bits per heavy atom. The van der Waals surface area contributed by atoms with Crippen LogP contribution in [-0.2, 0) is 4.79 Å². The number of amides is 1. The molecule has 2 N–H and O–H groups in total. The molecule has 1 amide bonds. The van der Waals surface area contributed by atoms with Gasteiger partial charge in [0, 0.05) is 11.3 Å². The van der Waals surface area contributed by atoms with E-state index in [1.165, 1.54) is 18.2 Å². The van der Waals surface area contributed by atoms with Gasteiger partial charge >= 0.3 is 5.97 Å². The average Bonchev–Trinajstić information content (AvgIpc) is 2.75. The second-order valence-electron chi connectivity index (χ2n) is 6.28. The molecule has 0 radical (unpaired) electrons. The number of hydrogen-bond donors (Lipinski definition) is 2. The van der Waals surface area contributed by atoms with Crippen molar-refractivity contribution in [3.05, 3.63) is 76.8 Å². The third-order valence-corrected chi connectivity index (χ3v) is 5.60. The SMILES string of the molecule is CC(Sc1nc(-c2ccccc2)ccc1C#N)C(=O)Nc1ccc(Cl)c(C(=O)O)c1. The van der Waals surface area contributed by atoms with E-state index in [0.717, 1.165) is 17.3 Å². The lowest BCUT2D eigenvalue weighted by molar-refractivity contribution is -0.115. The smallest absolute Gasteiger partial charge is 0.337 e. The summed E-state index contributed by atoms with van der Waals surface area (Å²) in [6.07, 6.45) is 0. The summed E-state index contributed by atoms with van der Waals surface area (Å²) >= 11 is 7.02. The van der Waals surface area contributed by atoms with E-state index in [0.29, 0.717) is 22.0 Å². The highest BCUT2D eigenvalue weighted by Gasteiger charge is 2.19. The first-order chi connectivity index (χ1) is 14.4. The summed E-state index contributed by atoms with van der Waals surface area (Å²) in [6.45, 7) is 1.69. The van der Waals surface area contributed by atoms with E-state index < -0.39 is 11.2 Å². The summed E-state index contributed by atoms with van der Waals surface area (Å²) in [5.41, 5.74) is 2.20. The van der Waals surface area contributed by atoms with Crippen molar-refractivity contribution in [2.24, 2.45) is 0 Å². The minimum Gasteiger partial charge on any atom is -0.478 e. The first-order valence-electron chi connectivity index (χ1n) is 8.86. The van der Waals surface area contributed by atoms with Crippen molar-refractivity contribution in [1.29, 1.82) is 5.26 Å². The molecule has 1 aromatic heterocycles. The van der Waals surface area contributed by atoms with Crippen molar-refractivity contribution < 1.29 is 14.7 Å². The molecule has 0 aliphatic rings. The fourth-order valence-electron chi connectivity index (χ4n) is 2.62. The first kappa shape index (κ1) is 21.4. The maximum Gasteiger partial charge on any atom is 0.337 e. The monoisotopic (exact) mass is 437 g/mol. The van der Waals surface area contributed by atoms with Crippen LogP contribution in [0.4, 0.5) is 5.69 Å². The van der Waals surface area contributed by atoms with E-state index in [2.05, 4.69) is 16.4 Å². The Hall–Kier alpha value is -3.34. The Labute approximate surface area is 182 Å². The lowest BCUT2D eigenvalue weighted by atomic mass is 10.1. The van der Waals surface area contributed by atoms with E-state index in [-0.39, 0.29) is 16.5 Å². The first-order valence-corrected chi connectivity index (χ1v) is 10.1. The number of nitriles is 1. The van der Waals surface area contributed by atoms with E-state index in [1.54, 1.807) is 19.1 Å². The third-order valence-electron chi connectivity index (χ3n) is 4.17. The molecule has 0 aliphatic heterocycles. The molecule has 0 fully saturated rings. The topological polar surface area (TPSA) is 103 Å². The number of hydrogen-bond acceptors (Lipinski definition) is 5. The van der Waals surface area contributed by atoms with Gasteiger partial charge in [-0.3, -0.25) is 4.79 Å². The van der Waals surface area contributed by atoms with E-state index in [1.807, 2.05) is 30.3 Å². The Morgan fingerprint density at radius 1 is 1.17 bits per heavy atom. The number of aromatic nitrogens is 1. The second kappa shape index (κ2) is 9.44. The number of anilines is 1. The van der Waals surface area contributed by atoms with E-state index in [9.17, 15) is 14.9 Å². The predicted octanol–water partition coefficient (Wildman–Crippen LogP) is 5.09. The van der Waals surface area contributed by atoms with Crippen molar-refractivity contribution in [2.45, 2.75) is 17.2 Å². The van der Waals surface area contributed by atoms with Crippen molar-refractivity contribution in [3.63, 3.8) is 0 Å². The van der Waals surface area contributed by atoms with Gasteiger partial charge in [0.05, 0.1) is 27.1 Å². The molecule has 150 valence electrons. The van der Waals surface area contributed by atoms with Crippen LogP contribution in [0, 0.1) is 11.3 Å². The Balaban J connectivity index is 1.79. The van der Waals surface area contributed by atoms with Gasteiger partial charge in [-0.2, -0.15) is 5.26 Å². The van der Waals surface area contributed by atoms with Crippen LogP contribution in [0.25, 0.3) is 11.3 Å². The van der Waals surface area contributed by atoms with E-state index >= 15 is 0 Å². The standard InChI is InChI=1S/C22H16ClN3O3S/c1-13(20(27)25-16-8-9-18(23)17(11-16)22(28)29)30-21-15(12-24)7-10-19(26-21)14-5-3-2-4-6-14/h2-11,13H,1H3,(H,25,27)(H,28,29). The number of thioether (sulfide) groups is 1. The minimum absolute atomic E-state index is 0.0866. The molecule has 0 spiro atoms. The van der Waals surface area contributed by atoms with Gasteiger partial charge in [-0.05, 0) is 37.3 Å². The Morgan fingerprint density at radius 3 is 2.57 bits per heavy atom. The quantitative estimate of drug-likeness (QED) is 0.520. The summed E-state index contributed by atoms with van der Waals surface area (Å²) in [4.78, 5) is 28.4. The van der Waals surface area contributed by atoms with Crippen LogP contribution < -0.4 is 5.32 Å². The molecule has 0 aliphatic carbocycles. The molecule has 0 bridgehead atoms. The molecule has 6 nitrogen and oxygen atoms in total. The molecule has 1 heterocycles. The molecular formula is C22H16ClN3O3S. The summed E-state index contributed by atoms with van der Waals surface area (Å²) in [7, 11) is 0.